The first-order chi connectivity index (χ1) is 10.0. The summed E-state index contributed by atoms with van der Waals surface area (Å²) in [5.74, 6) is -0.519. The van der Waals surface area contributed by atoms with E-state index in [2.05, 4.69) is 10.6 Å². The first-order valence-electron chi connectivity index (χ1n) is 6.49. The Morgan fingerprint density at radius 3 is 2.76 bits per heavy atom. The van der Waals surface area contributed by atoms with Crippen molar-refractivity contribution in [2.75, 3.05) is 6.54 Å². The van der Waals surface area contributed by atoms with E-state index in [1.807, 2.05) is 0 Å². The summed E-state index contributed by atoms with van der Waals surface area (Å²) in [5, 5.41) is 7.18. The van der Waals surface area contributed by atoms with E-state index in [4.69, 9.17) is 23.2 Å². The molecule has 0 saturated heterocycles. The van der Waals surface area contributed by atoms with Gasteiger partial charge in [0.25, 0.3) is 5.91 Å². The van der Waals surface area contributed by atoms with Crippen LogP contribution in [0.2, 0.25) is 10.0 Å². The molecule has 21 heavy (non-hydrogen) atoms. The molecule has 0 atom stereocenters. The molecule has 2 amide bonds. The molecule has 1 aromatic heterocycles. The molecular formula is C14H12Cl2N2O2S. The lowest BCUT2D eigenvalue weighted by Crippen LogP contribution is -2.37. The molecule has 1 fully saturated rings. The van der Waals surface area contributed by atoms with Crippen molar-refractivity contribution in [2.24, 2.45) is 0 Å². The van der Waals surface area contributed by atoms with Crippen LogP contribution in [-0.2, 0) is 4.79 Å². The van der Waals surface area contributed by atoms with E-state index in [-0.39, 0.29) is 24.4 Å². The number of amides is 2. The molecule has 4 nitrogen and oxygen atoms in total. The lowest BCUT2D eigenvalue weighted by molar-refractivity contribution is -0.120. The van der Waals surface area contributed by atoms with Gasteiger partial charge >= 0.3 is 0 Å². The molecule has 1 aromatic carbocycles. The maximum Gasteiger partial charge on any atom is 0.263 e. The molecule has 1 saturated carbocycles. The van der Waals surface area contributed by atoms with Crippen LogP contribution in [0.3, 0.4) is 0 Å². The molecule has 2 N–H and O–H groups in total. The largest absolute Gasteiger partial charge is 0.352 e. The number of benzene rings is 1. The van der Waals surface area contributed by atoms with Gasteiger partial charge in [0, 0.05) is 21.2 Å². The van der Waals surface area contributed by atoms with Crippen LogP contribution in [0.25, 0.3) is 10.1 Å². The van der Waals surface area contributed by atoms with Crippen molar-refractivity contribution in [1.82, 2.24) is 10.6 Å². The zero-order chi connectivity index (χ0) is 15.0. The number of thiophene rings is 1. The van der Waals surface area contributed by atoms with E-state index in [9.17, 15) is 9.59 Å². The number of carbonyl (C=O) groups is 2. The Morgan fingerprint density at radius 1 is 1.29 bits per heavy atom. The normalized spacial score (nSPS) is 14.2. The summed E-state index contributed by atoms with van der Waals surface area (Å²) < 4.78 is 0.847. The topological polar surface area (TPSA) is 58.2 Å². The van der Waals surface area contributed by atoms with Crippen molar-refractivity contribution in [2.45, 2.75) is 18.9 Å². The van der Waals surface area contributed by atoms with E-state index in [0.29, 0.717) is 14.9 Å². The van der Waals surface area contributed by atoms with Gasteiger partial charge in [-0.2, -0.15) is 0 Å². The third-order valence-corrected chi connectivity index (χ3v) is 5.04. The Morgan fingerprint density at radius 2 is 2.05 bits per heavy atom. The van der Waals surface area contributed by atoms with Gasteiger partial charge in [-0.05, 0) is 25.0 Å². The quantitative estimate of drug-likeness (QED) is 0.896. The Labute approximate surface area is 135 Å². The standard InChI is InChI=1S/C14H12Cl2N2O2S/c15-7-1-4-9-10(5-7)21-13(12(9)16)14(20)17-6-11(19)18-8-2-3-8/h1,4-5,8H,2-3,6H2,(H,17,20)(H,18,19). The summed E-state index contributed by atoms with van der Waals surface area (Å²) in [5.41, 5.74) is 0. The Bertz CT molecular complexity index is 725. The first-order valence-corrected chi connectivity index (χ1v) is 8.07. The van der Waals surface area contributed by atoms with E-state index in [0.717, 1.165) is 22.9 Å². The number of fused-ring (bicyclic) bond motifs is 1. The van der Waals surface area contributed by atoms with E-state index < -0.39 is 0 Å². The predicted octanol–water partition coefficient (Wildman–Crippen LogP) is 3.22. The summed E-state index contributed by atoms with van der Waals surface area (Å²) in [4.78, 5) is 24.1. The molecule has 1 heterocycles. The van der Waals surface area contributed by atoms with Gasteiger partial charge in [-0.25, -0.2) is 0 Å². The monoisotopic (exact) mass is 342 g/mol. The molecule has 0 unspecified atom stereocenters. The van der Waals surface area contributed by atoms with Crippen LogP contribution in [0.1, 0.15) is 22.5 Å². The molecule has 1 aliphatic carbocycles. The first kappa shape index (κ1) is 14.6. The summed E-state index contributed by atoms with van der Waals surface area (Å²) in [6, 6.07) is 5.56. The predicted molar refractivity (Wildman–Crippen MR) is 85.3 cm³/mol. The minimum Gasteiger partial charge on any atom is -0.352 e. The number of halogens is 2. The molecule has 0 bridgehead atoms. The summed E-state index contributed by atoms with van der Waals surface area (Å²) in [6.07, 6.45) is 2.03. The van der Waals surface area contributed by atoms with Gasteiger partial charge in [0.1, 0.15) is 4.88 Å². The zero-order valence-corrected chi connectivity index (χ0v) is 13.2. The second-order valence-corrected chi connectivity index (χ2v) is 6.78. The van der Waals surface area contributed by atoms with Crippen LogP contribution in [0.5, 0.6) is 0 Å². The van der Waals surface area contributed by atoms with Crippen LogP contribution >= 0.6 is 34.5 Å². The van der Waals surface area contributed by atoms with Gasteiger partial charge in [0.2, 0.25) is 5.91 Å². The average Bonchev–Trinajstić information content (AvgIpc) is 3.19. The molecule has 7 heteroatoms. The summed E-state index contributed by atoms with van der Waals surface area (Å²) >= 11 is 13.4. The molecule has 0 aliphatic heterocycles. The maximum absolute atomic E-state index is 12.1. The van der Waals surface area contributed by atoms with Crippen molar-refractivity contribution in [3.63, 3.8) is 0 Å². The van der Waals surface area contributed by atoms with Gasteiger partial charge in [-0.1, -0.05) is 29.3 Å². The molecule has 0 spiro atoms. The van der Waals surface area contributed by atoms with Crippen LogP contribution in [-0.4, -0.2) is 24.4 Å². The minimum absolute atomic E-state index is 0.0410. The zero-order valence-electron chi connectivity index (χ0n) is 10.9. The molecule has 110 valence electrons. The number of hydrogen-bond donors (Lipinski definition) is 2. The smallest absolute Gasteiger partial charge is 0.263 e. The van der Waals surface area contributed by atoms with Crippen LogP contribution in [0.15, 0.2) is 18.2 Å². The van der Waals surface area contributed by atoms with E-state index in [1.165, 1.54) is 11.3 Å². The van der Waals surface area contributed by atoms with Crippen molar-refractivity contribution in [3.05, 3.63) is 33.1 Å². The van der Waals surface area contributed by atoms with Crippen LogP contribution < -0.4 is 10.6 Å². The van der Waals surface area contributed by atoms with Crippen LogP contribution in [0.4, 0.5) is 0 Å². The second-order valence-electron chi connectivity index (χ2n) is 4.91. The Balaban J connectivity index is 1.71. The molecule has 2 aromatic rings. The minimum atomic E-state index is -0.344. The molecule has 1 aliphatic rings. The van der Waals surface area contributed by atoms with Gasteiger partial charge in [-0.15, -0.1) is 11.3 Å². The highest BCUT2D eigenvalue weighted by Gasteiger charge is 2.24. The lowest BCUT2D eigenvalue weighted by atomic mass is 10.2. The van der Waals surface area contributed by atoms with Crippen molar-refractivity contribution < 1.29 is 9.59 Å². The Hall–Kier alpha value is -1.30. The van der Waals surface area contributed by atoms with Gasteiger partial charge < -0.3 is 10.6 Å². The van der Waals surface area contributed by atoms with Crippen molar-refractivity contribution >= 4 is 56.4 Å². The van der Waals surface area contributed by atoms with Gasteiger partial charge in [-0.3, -0.25) is 9.59 Å². The van der Waals surface area contributed by atoms with Gasteiger partial charge in [0.15, 0.2) is 0 Å². The third kappa shape index (κ3) is 3.31. The highest BCUT2D eigenvalue weighted by Crippen LogP contribution is 2.36. The Kier molecular flexibility index (Phi) is 4.06. The van der Waals surface area contributed by atoms with Crippen molar-refractivity contribution in [3.8, 4) is 0 Å². The number of nitrogens with one attached hydrogen (secondary N) is 2. The number of rotatable bonds is 4. The lowest BCUT2D eigenvalue weighted by Gasteiger charge is -2.04. The van der Waals surface area contributed by atoms with Gasteiger partial charge in [0.05, 0.1) is 11.6 Å². The fraction of sp³-hybridized carbons (Fsp3) is 0.286. The fourth-order valence-corrected chi connectivity index (χ4v) is 3.64. The van der Waals surface area contributed by atoms with E-state index in [1.54, 1.807) is 18.2 Å². The second kappa shape index (κ2) is 5.83. The SMILES string of the molecule is O=C(CNC(=O)c1sc2cc(Cl)ccc2c1Cl)NC1CC1. The molecule has 0 radical (unpaired) electrons. The average molecular weight is 343 g/mol. The number of carbonyl (C=O) groups excluding carboxylic acids is 2. The summed E-state index contributed by atoms with van der Waals surface area (Å²) in [6.45, 7) is -0.0410. The highest BCUT2D eigenvalue weighted by molar-refractivity contribution is 7.21. The van der Waals surface area contributed by atoms with E-state index >= 15 is 0 Å². The fourth-order valence-electron chi connectivity index (χ4n) is 1.93. The third-order valence-electron chi connectivity index (χ3n) is 3.15. The molecule has 3 rings (SSSR count). The molecular weight excluding hydrogens is 331 g/mol. The number of hydrogen-bond acceptors (Lipinski definition) is 3. The van der Waals surface area contributed by atoms with Crippen LogP contribution in [0, 0.1) is 0 Å². The highest BCUT2D eigenvalue weighted by atomic mass is 35.5. The van der Waals surface area contributed by atoms with Crippen molar-refractivity contribution in [1.29, 1.82) is 0 Å². The summed E-state index contributed by atoms with van der Waals surface area (Å²) in [7, 11) is 0. The maximum atomic E-state index is 12.1.